The Hall–Kier alpha value is -3.18. The second-order valence-electron chi connectivity index (χ2n) is 5.27. The normalized spacial score (nSPS) is 10.2. The number of hydrogen-bond acceptors (Lipinski definition) is 4. The molecule has 0 spiro atoms. The fraction of sp³-hybridized carbons (Fsp3) is 0.100. The summed E-state index contributed by atoms with van der Waals surface area (Å²) in [7, 11) is 0. The molecule has 1 N–H and O–H groups in total. The largest absolute Gasteiger partial charge is 0.491 e. The monoisotopic (exact) mass is 334 g/mol. The molecule has 0 bridgehead atoms. The fourth-order valence-electron chi connectivity index (χ4n) is 2.25. The predicted octanol–water partition coefficient (Wildman–Crippen LogP) is 3.49. The molecule has 0 radical (unpaired) electrons. The van der Waals surface area contributed by atoms with Gasteiger partial charge in [0, 0.05) is 18.0 Å². The molecule has 1 amide bonds. The highest BCUT2D eigenvalue weighted by molar-refractivity contribution is 5.94. The number of hydrogen-bond donors (Lipinski definition) is 1. The van der Waals surface area contributed by atoms with Gasteiger partial charge < -0.3 is 4.74 Å². The van der Waals surface area contributed by atoms with Crippen molar-refractivity contribution in [2.75, 3.05) is 13.2 Å². The maximum Gasteiger partial charge on any atom is 0.276 e. The van der Waals surface area contributed by atoms with E-state index >= 15 is 0 Å². The number of carbonyl (C=O) groups excluding carboxylic acids is 1. The third kappa shape index (κ3) is 4.89. The Kier molecular flexibility index (Phi) is 5.74. The molecule has 0 fully saturated rings. The first-order valence-corrected chi connectivity index (χ1v) is 7.93. The zero-order valence-electron chi connectivity index (χ0n) is 13.6. The van der Waals surface area contributed by atoms with E-state index in [1.807, 2.05) is 60.7 Å². The van der Waals surface area contributed by atoms with Crippen LogP contribution in [0.3, 0.4) is 0 Å². The standard InChI is InChI=1S/C20H18N2O3/c23-20(22-25-12-11-24-19-9-5-2-6-10-19)18-13-17(14-21-15-18)16-7-3-1-4-8-16/h1-10,13-15H,11-12H2,(H,22,23). The molecule has 1 aromatic heterocycles. The molecule has 3 aromatic rings. The molecule has 25 heavy (non-hydrogen) atoms. The van der Waals surface area contributed by atoms with Crippen LogP contribution >= 0.6 is 0 Å². The summed E-state index contributed by atoms with van der Waals surface area (Å²) in [6.45, 7) is 0.582. The number of hydroxylamine groups is 1. The van der Waals surface area contributed by atoms with Gasteiger partial charge in [-0.05, 0) is 23.8 Å². The van der Waals surface area contributed by atoms with Crippen molar-refractivity contribution in [1.29, 1.82) is 0 Å². The minimum atomic E-state index is -0.343. The predicted molar refractivity (Wildman–Crippen MR) is 95.0 cm³/mol. The molecule has 1 heterocycles. The van der Waals surface area contributed by atoms with Crippen molar-refractivity contribution < 1.29 is 14.4 Å². The maximum atomic E-state index is 12.1. The van der Waals surface area contributed by atoms with Gasteiger partial charge in [-0.15, -0.1) is 0 Å². The van der Waals surface area contributed by atoms with Gasteiger partial charge in [0.25, 0.3) is 5.91 Å². The number of carbonyl (C=O) groups is 1. The summed E-state index contributed by atoms with van der Waals surface area (Å²) < 4.78 is 5.48. The van der Waals surface area contributed by atoms with Gasteiger partial charge >= 0.3 is 0 Å². The van der Waals surface area contributed by atoms with Crippen molar-refractivity contribution in [1.82, 2.24) is 10.5 Å². The first-order valence-electron chi connectivity index (χ1n) is 7.93. The first-order chi connectivity index (χ1) is 12.3. The molecule has 2 aromatic carbocycles. The van der Waals surface area contributed by atoms with Crippen molar-refractivity contribution >= 4 is 5.91 Å². The first kappa shape index (κ1) is 16.7. The molecule has 0 aliphatic carbocycles. The molecule has 0 saturated carbocycles. The van der Waals surface area contributed by atoms with E-state index in [4.69, 9.17) is 9.57 Å². The highest BCUT2D eigenvalue weighted by Gasteiger charge is 2.08. The average molecular weight is 334 g/mol. The van der Waals surface area contributed by atoms with Gasteiger partial charge in [-0.25, -0.2) is 5.48 Å². The number of benzene rings is 2. The lowest BCUT2D eigenvalue weighted by Crippen LogP contribution is -2.26. The SMILES string of the molecule is O=C(NOCCOc1ccccc1)c1cncc(-c2ccccc2)c1. The summed E-state index contributed by atoms with van der Waals surface area (Å²) >= 11 is 0. The van der Waals surface area contributed by atoms with E-state index in [-0.39, 0.29) is 12.5 Å². The number of rotatable bonds is 7. The number of nitrogens with zero attached hydrogens (tertiary/aromatic N) is 1. The second-order valence-corrected chi connectivity index (χ2v) is 5.27. The van der Waals surface area contributed by atoms with E-state index in [1.54, 1.807) is 12.3 Å². The van der Waals surface area contributed by atoms with Crippen LogP contribution in [0.2, 0.25) is 0 Å². The van der Waals surface area contributed by atoms with E-state index in [2.05, 4.69) is 10.5 Å². The lowest BCUT2D eigenvalue weighted by molar-refractivity contribution is 0.0200. The number of pyridine rings is 1. The van der Waals surface area contributed by atoms with Crippen molar-refractivity contribution in [2.45, 2.75) is 0 Å². The molecular weight excluding hydrogens is 316 g/mol. The van der Waals surface area contributed by atoms with Gasteiger partial charge in [-0.1, -0.05) is 48.5 Å². The Bertz CT molecular complexity index is 807. The summed E-state index contributed by atoms with van der Waals surface area (Å²) in [6.07, 6.45) is 3.23. The molecule has 0 aliphatic rings. The number of nitrogens with one attached hydrogen (secondary N) is 1. The van der Waals surface area contributed by atoms with Crippen LogP contribution in [0.1, 0.15) is 10.4 Å². The Labute approximate surface area is 146 Å². The van der Waals surface area contributed by atoms with E-state index in [0.717, 1.165) is 16.9 Å². The van der Waals surface area contributed by atoms with Crippen LogP contribution in [-0.2, 0) is 4.84 Å². The minimum Gasteiger partial charge on any atom is -0.491 e. The van der Waals surface area contributed by atoms with Crippen LogP contribution in [0, 0.1) is 0 Å². The topological polar surface area (TPSA) is 60.5 Å². The molecular formula is C20H18N2O3. The minimum absolute atomic E-state index is 0.242. The van der Waals surface area contributed by atoms with E-state index in [0.29, 0.717) is 12.2 Å². The second kappa shape index (κ2) is 8.61. The maximum absolute atomic E-state index is 12.1. The Morgan fingerprint density at radius 1 is 0.880 bits per heavy atom. The summed E-state index contributed by atoms with van der Waals surface area (Å²) in [4.78, 5) is 21.4. The average Bonchev–Trinajstić information content (AvgIpc) is 2.69. The van der Waals surface area contributed by atoms with Crippen molar-refractivity contribution in [3.8, 4) is 16.9 Å². The Morgan fingerprint density at radius 3 is 2.36 bits per heavy atom. The van der Waals surface area contributed by atoms with Gasteiger partial charge in [-0.2, -0.15) is 0 Å². The summed E-state index contributed by atoms with van der Waals surface area (Å²) in [5.74, 6) is 0.419. The van der Waals surface area contributed by atoms with Crippen LogP contribution in [0.5, 0.6) is 5.75 Å². The molecule has 0 aliphatic heterocycles. The molecule has 3 rings (SSSR count). The summed E-state index contributed by atoms with van der Waals surface area (Å²) in [6, 6.07) is 21.0. The van der Waals surface area contributed by atoms with E-state index < -0.39 is 0 Å². The third-order valence-electron chi connectivity index (χ3n) is 3.47. The van der Waals surface area contributed by atoms with Crippen molar-refractivity contribution in [2.24, 2.45) is 0 Å². The lowest BCUT2D eigenvalue weighted by atomic mass is 10.1. The zero-order valence-corrected chi connectivity index (χ0v) is 13.6. The Morgan fingerprint density at radius 2 is 1.60 bits per heavy atom. The third-order valence-corrected chi connectivity index (χ3v) is 3.47. The quantitative estimate of drug-likeness (QED) is 0.531. The van der Waals surface area contributed by atoms with Crippen LogP contribution in [0.15, 0.2) is 79.1 Å². The van der Waals surface area contributed by atoms with E-state index in [9.17, 15) is 4.79 Å². The van der Waals surface area contributed by atoms with E-state index in [1.165, 1.54) is 6.20 Å². The van der Waals surface area contributed by atoms with Gasteiger partial charge in [0.1, 0.15) is 19.0 Å². The molecule has 0 unspecified atom stereocenters. The fourth-order valence-corrected chi connectivity index (χ4v) is 2.25. The van der Waals surface area contributed by atoms with Gasteiger partial charge in [0.2, 0.25) is 0 Å². The molecule has 0 saturated heterocycles. The summed E-state index contributed by atoms with van der Waals surface area (Å²) in [5.41, 5.74) is 4.72. The number of ether oxygens (including phenoxy) is 1. The van der Waals surface area contributed by atoms with Gasteiger partial charge in [0.05, 0.1) is 5.56 Å². The number of para-hydroxylation sites is 1. The van der Waals surface area contributed by atoms with Crippen molar-refractivity contribution in [3.05, 3.63) is 84.7 Å². The highest BCUT2D eigenvalue weighted by Crippen LogP contribution is 2.18. The van der Waals surface area contributed by atoms with Gasteiger partial charge in [-0.3, -0.25) is 14.6 Å². The van der Waals surface area contributed by atoms with Crippen LogP contribution in [-0.4, -0.2) is 24.1 Å². The zero-order chi connectivity index (χ0) is 17.3. The van der Waals surface area contributed by atoms with Crippen LogP contribution < -0.4 is 10.2 Å². The smallest absolute Gasteiger partial charge is 0.276 e. The summed E-state index contributed by atoms with van der Waals surface area (Å²) in [5, 5.41) is 0. The van der Waals surface area contributed by atoms with Crippen LogP contribution in [0.4, 0.5) is 0 Å². The molecule has 126 valence electrons. The van der Waals surface area contributed by atoms with Crippen LogP contribution in [0.25, 0.3) is 11.1 Å². The number of aromatic nitrogens is 1. The molecule has 5 heteroatoms. The highest BCUT2D eigenvalue weighted by atomic mass is 16.7. The lowest BCUT2D eigenvalue weighted by Gasteiger charge is -2.08. The number of amides is 1. The molecule has 5 nitrogen and oxygen atoms in total. The van der Waals surface area contributed by atoms with Gasteiger partial charge in [0.15, 0.2) is 0 Å². The molecule has 0 atom stereocenters. The van der Waals surface area contributed by atoms with Crippen molar-refractivity contribution in [3.63, 3.8) is 0 Å². The Balaban J connectivity index is 1.48.